The summed E-state index contributed by atoms with van der Waals surface area (Å²) in [5.41, 5.74) is -0.630. The SMILES string of the molecule is O=C1NC(=O)C(=CC=Cc2c(F)cccc2F)C(=O)N1. The van der Waals surface area contributed by atoms with Gasteiger partial charge in [0.15, 0.2) is 0 Å². The third-order valence-electron chi connectivity index (χ3n) is 2.47. The number of carbonyl (C=O) groups is 3. The van der Waals surface area contributed by atoms with Gasteiger partial charge in [0.2, 0.25) is 0 Å². The van der Waals surface area contributed by atoms with Crippen molar-refractivity contribution in [1.29, 1.82) is 0 Å². The van der Waals surface area contributed by atoms with Crippen LogP contribution in [0.25, 0.3) is 6.08 Å². The number of hydrogen-bond acceptors (Lipinski definition) is 3. The molecule has 7 heteroatoms. The lowest BCUT2D eigenvalue weighted by Crippen LogP contribution is -2.51. The van der Waals surface area contributed by atoms with E-state index in [2.05, 4.69) is 0 Å². The van der Waals surface area contributed by atoms with Crippen LogP contribution in [0.15, 0.2) is 35.9 Å². The normalized spacial score (nSPS) is 15.3. The van der Waals surface area contributed by atoms with Crippen LogP contribution in [0.2, 0.25) is 0 Å². The van der Waals surface area contributed by atoms with Gasteiger partial charge in [0.25, 0.3) is 11.8 Å². The highest BCUT2D eigenvalue weighted by Crippen LogP contribution is 2.14. The van der Waals surface area contributed by atoms with E-state index in [-0.39, 0.29) is 11.1 Å². The van der Waals surface area contributed by atoms with Crippen LogP contribution in [-0.2, 0) is 9.59 Å². The summed E-state index contributed by atoms with van der Waals surface area (Å²) in [7, 11) is 0. The maximum Gasteiger partial charge on any atom is 0.328 e. The zero-order valence-electron chi connectivity index (χ0n) is 9.94. The number of benzene rings is 1. The van der Waals surface area contributed by atoms with Gasteiger partial charge in [-0.3, -0.25) is 20.2 Å². The molecule has 0 atom stereocenters. The van der Waals surface area contributed by atoms with Crippen molar-refractivity contribution in [2.45, 2.75) is 0 Å². The van der Waals surface area contributed by atoms with E-state index >= 15 is 0 Å². The van der Waals surface area contributed by atoms with Crippen LogP contribution in [0, 0.1) is 11.6 Å². The maximum absolute atomic E-state index is 13.3. The fraction of sp³-hybridized carbons (Fsp3) is 0. The van der Waals surface area contributed by atoms with Gasteiger partial charge in [-0.05, 0) is 24.3 Å². The smallest absolute Gasteiger partial charge is 0.273 e. The molecule has 1 aromatic carbocycles. The first-order chi connectivity index (χ1) is 9.49. The quantitative estimate of drug-likeness (QED) is 0.632. The van der Waals surface area contributed by atoms with E-state index < -0.39 is 29.5 Å². The summed E-state index contributed by atoms with van der Waals surface area (Å²) in [5, 5.41) is 3.74. The number of carbonyl (C=O) groups excluding carboxylic acids is 3. The van der Waals surface area contributed by atoms with Crippen LogP contribution < -0.4 is 10.6 Å². The molecule has 1 aromatic rings. The van der Waals surface area contributed by atoms with Gasteiger partial charge >= 0.3 is 6.03 Å². The Bertz CT molecular complexity index is 623. The van der Waals surface area contributed by atoms with E-state index in [0.29, 0.717) is 0 Å². The number of imide groups is 2. The van der Waals surface area contributed by atoms with Crippen molar-refractivity contribution < 1.29 is 23.2 Å². The highest BCUT2D eigenvalue weighted by atomic mass is 19.1. The molecule has 5 nitrogen and oxygen atoms in total. The molecule has 2 N–H and O–H groups in total. The highest BCUT2D eigenvalue weighted by molar-refractivity contribution is 6.29. The molecule has 0 spiro atoms. The summed E-state index contributed by atoms with van der Waals surface area (Å²) in [4.78, 5) is 33.5. The van der Waals surface area contributed by atoms with E-state index in [4.69, 9.17) is 0 Å². The fourth-order valence-corrected chi connectivity index (χ4v) is 1.54. The first-order valence-corrected chi connectivity index (χ1v) is 5.48. The van der Waals surface area contributed by atoms with Crippen molar-refractivity contribution in [3.05, 3.63) is 53.1 Å². The second kappa shape index (κ2) is 5.43. The number of barbiturate groups is 1. The van der Waals surface area contributed by atoms with Crippen LogP contribution >= 0.6 is 0 Å². The van der Waals surface area contributed by atoms with Crippen molar-refractivity contribution in [3.8, 4) is 0 Å². The lowest BCUT2D eigenvalue weighted by Gasteiger charge is -2.12. The lowest BCUT2D eigenvalue weighted by molar-refractivity contribution is -0.124. The van der Waals surface area contributed by atoms with Gasteiger partial charge in [0.05, 0.1) is 0 Å². The van der Waals surface area contributed by atoms with Crippen LogP contribution in [0.4, 0.5) is 13.6 Å². The van der Waals surface area contributed by atoms with Crippen molar-refractivity contribution in [2.24, 2.45) is 0 Å². The molecule has 1 saturated heterocycles. The van der Waals surface area contributed by atoms with E-state index in [9.17, 15) is 23.2 Å². The minimum absolute atomic E-state index is 0.294. The molecule has 1 aliphatic heterocycles. The molecule has 4 amide bonds. The van der Waals surface area contributed by atoms with Gasteiger partial charge in [-0.2, -0.15) is 0 Å². The minimum atomic E-state index is -0.915. The summed E-state index contributed by atoms with van der Waals surface area (Å²) in [6.45, 7) is 0. The summed E-state index contributed by atoms with van der Waals surface area (Å²) >= 11 is 0. The second-order valence-corrected chi connectivity index (χ2v) is 3.81. The number of allylic oxidation sites excluding steroid dienone is 2. The van der Waals surface area contributed by atoms with Gasteiger partial charge in [-0.15, -0.1) is 0 Å². The summed E-state index contributed by atoms with van der Waals surface area (Å²) in [6, 6.07) is 2.46. The van der Waals surface area contributed by atoms with E-state index in [1.54, 1.807) is 0 Å². The molecule has 20 heavy (non-hydrogen) atoms. The molecule has 0 bridgehead atoms. The van der Waals surface area contributed by atoms with Gasteiger partial charge in [-0.1, -0.05) is 12.1 Å². The molecule has 0 radical (unpaired) electrons. The number of nitrogens with one attached hydrogen (secondary N) is 2. The third-order valence-corrected chi connectivity index (χ3v) is 2.47. The van der Waals surface area contributed by atoms with Crippen LogP contribution in [0.1, 0.15) is 5.56 Å². The molecule has 0 aromatic heterocycles. The van der Waals surface area contributed by atoms with Crippen LogP contribution in [-0.4, -0.2) is 17.8 Å². The largest absolute Gasteiger partial charge is 0.328 e. The second-order valence-electron chi connectivity index (χ2n) is 3.81. The Labute approximate surface area is 112 Å². The first-order valence-electron chi connectivity index (χ1n) is 5.48. The number of urea groups is 1. The fourth-order valence-electron chi connectivity index (χ4n) is 1.54. The summed E-state index contributed by atoms with van der Waals surface area (Å²) < 4.78 is 26.6. The average molecular weight is 278 g/mol. The van der Waals surface area contributed by atoms with Crippen LogP contribution in [0.5, 0.6) is 0 Å². The van der Waals surface area contributed by atoms with Crippen molar-refractivity contribution >= 4 is 23.9 Å². The monoisotopic (exact) mass is 278 g/mol. The van der Waals surface area contributed by atoms with E-state index in [0.717, 1.165) is 30.4 Å². The Balaban J connectivity index is 2.24. The molecular formula is C13H8F2N2O3. The Hall–Kier alpha value is -2.83. The Kier molecular flexibility index (Phi) is 3.69. The van der Waals surface area contributed by atoms with Gasteiger partial charge in [-0.25, -0.2) is 13.6 Å². The maximum atomic E-state index is 13.3. The highest BCUT2D eigenvalue weighted by Gasteiger charge is 2.26. The van der Waals surface area contributed by atoms with Crippen molar-refractivity contribution in [3.63, 3.8) is 0 Å². The topological polar surface area (TPSA) is 75.3 Å². The van der Waals surface area contributed by atoms with Crippen molar-refractivity contribution in [2.75, 3.05) is 0 Å². The third kappa shape index (κ3) is 2.77. The molecule has 1 fully saturated rings. The molecule has 2 rings (SSSR count). The zero-order valence-corrected chi connectivity index (χ0v) is 9.94. The number of amides is 4. The number of hydrogen-bond donors (Lipinski definition) is 2. The lowest BCUT2D eigenvalue weighted by atomic mass is 10.1. The van der Waals surface area contributed by atoms with Crippen molar-refractivity contribution in [1.82, 2.24) is 10.6 Å². The van der Waals surface area contributed by atoms with Crippen LogP contribution in [0.3, 0.4) is 0 Å². The Morgan fingerprint density at radius 1 is 0.950 bits per heavy atom. The Morgan fingerprint density at radius 2 is 1.50 bits per heavy atom. The molecule has 102 valence electrons. The van der Waals surface area contributed by atoms with E-state index in [1.807, 2.05) is 10.6 Å². The van der Waals surface area contributed by atoms with Gasteiger partial charge < -0.3 is 0 Å². The predicted molar refractivity (Wildman–Crippen MR) is 65.2 cm³/mol. The molecular weight excluding hydrogens is 270 g/mol. The van der Waals surface area contributed by atoms with Gasteiger partial charge in [0, 0.05) is 5.56 Å². The minimum Gasteiger partial charge on any atom is -0.273 e. The van der Waals surface area contributed by atoms with E-state index in [1.165, 1.54) is 6.07 Å². The zero-order chi connectivity index (χ0) is 14.7. The molecule has 1 heterocycles. The summed E-state index contributed by atoms with van der Waals surface area (Å²) in [5.74, 6) is -3.30. The molecule has 0 unspecified atom stereocenters. The molecule has 0 aliphatic carbocycles. The average Bonchev–Trinajstić information content (AvgIpc) is 2.35. The Morgan fingerprint density at radius 3 is 2.05 bits per heavy atom. The predicted octanol–water partition coefficient (Wildman–Crippen LogP) is 1.27. The summed E-state index contributed by atoms with van der Waals surface area (Å²) in [6.07, 6.45) is 3.28. The first kappa shape index (κ1) is 13.6. The number of rotatable bonds is 2. The molecule has 1 aliphatic rings. The standard InChI is InChI=1S/C13H8F2N2O3/c14-9-5-2-6-10(15)7(9)3-1-4-8-11(18)16-13(20)17-12(8)19/h1-6H,(H2,16,17,18,19,20). The number of halogens is 2. The van der Waals surface area contributed by atoms with Gasteiger partial charge in [0.1, 0.15) is 17.2 Å². The molecule has 0 saturated carbocycles.